The predicted octanol–water partition coefficient (Wildman–Crippen LogP) is 2.84. The minimum absolute atomic E-state index is 0.157. The van der Waals surface area contributed by atoms with E-state index in [4.69, 9.17) is 4.74 Å². The summed E-state index contributed by atoms with van der Waals surface area (Å²) in [4.78, 5) is 35.2. The van der Waals surface area contributed by atoms with Crippen LogP contribution in [0.15, 0.2) is 48.5 Å². The average molecular weight is 311 g/mol. The third kappa shape index (κ3) is 4.26. The van der Waals surface area contributed by atoms with Crippen molar-refractivity contribution in [1.29, 1.82) is 0 Å². The summed E-state index contributed by atoms with van der Waals surface area (Å²) in [6.07, 6.45) is -0.222. The minimum Gasteiger partial charge on any atom is -0.495 e. The number of methoxy groups -OCH3 is 1. The monoisotopic (exact) mass is 311 g/mol. The number of Topliss-reactive ketones (excluding diaryl/α,β-unsaturated/α-hetero) is 1. The number of benzene rings is 2. The van der Waals surface area contributed by atoms with Gasteiger partial charge in [-0.2, -0.15) is 0 Å². The molecule has 0 aliphatic heterocycles. The van der Waals surface area contributed by atoms with Crippen molar-refractivity contribution in [2.45, 2.75) is 13.3 Å². The molecule has 0 spiro atoms. The van der Waals surface area contributed by atoms with Crippen LogP contribution in [0.5, 0.6) is 5.75 Å². The molecule has 1 N–H and O–H groups in total. The lowest BCUT2D eigenvalue weighted by molar-refractivity contribution is -0.124. The van der Waals surface area contributed by atoms with Crippen molar-refractivity contribution in [3.63, 3.8) is 0 Å². The molecule has 0 radical (unpaired) electrons. The van der Waals surface area contributed by atoms with Gasteiger partial charge in [-0.3, -0.25) is 14.4 Å². The molecule has 1 amide bonds. The van der Waals surface area contributed by atoms with Gasteiger partial charge in [0.1, 0.15) is 11.5 Å². The van der Waals surface area contributed by atoms with Crippen LogP contribution in [0.1, 0.15) is 29.3 Å². The number of ketones is 2. The molecule has 0 unspecified atom stereocenters. The maximum Gasteiger partial charge on any atom is 0.231 e. The van der Waals surface area contributed by atoms with Crippen molar-refractivity contribution in [1.82, 2.24) is 0 Å². The van der Waals surface area contributed by atoms with Crippen LogP contribution >= 0.6 is 0 Å². The van der Waals surface area contributed by atoms with Crippen molar-refractivity contribution >= 4 is 23.2 Å². The van der Waals surface area contributed by atoms with E-state index < -0.39 is 5.91 Å². The number of ether oxygens (including phenoxy) is 1. The van der Waals surface area contributed by atoms with Crippen molar-refractivity contribution in [2.75, 3.05) is 12.4 Å². The quantitative estimate of drug-likeness (QED) is 0.657. The van der Waals surface area contributed by atoms with Crippen LogP contribution in [0, 0.1) is 0 Å². The molecule has 2 rings (SSSR count). The Balaban J connectivity index is 2.30. The van der Waals surface area contributed by atoms with Gasteiger partial charge in [0.2, 0.25) is 5.91 Å². The van der Waals surface area contributed by atoms with Gasteiger partial charge in [0, 0.05) is 11.1 Å². The smallest absolute Gasteiger partial charge is 0.231 e. The Bertz CT molecular complexity index is 738. The van der Waals surface area contributed by atoms with E-state index in [0.29, 0.717) is 22.6 Å². The van der Waals surface area contributed by atoms with E-state index in [9.17, 15) is 14.4 Å². The van der Waals surface area contributed by atoms with Crippen molar-refractivity contribution in [3.8, 4) is 5.75 Å². The number of anilines is 1. The van der Waals surface area contributed by atoms with E-state index in [-0.39, 0.29) is 18.0 Å². The van der Waals surface area contributed by atoms with Gasteiger partial charge >= 0.3 is 0 Å². The van der Waals surface area contributed by atoms with Gasteiger partial charge in [-0.05, 0) is 25.1 Å². The molecule has 0 heterocycles. The largest absolute Gasteiger partial charge is 0.495 e. The first kappa shape index (κ1) is 16.4. The lowest BCUT2D eigenvalue weighted by Crippen LogP contribution is -2.16. The lowest BCUT2D eigenvalue weighted by atomic mass is 10.0. The van der Waals surface area contributed by atoms with E-state index >= 15 is 0 Å². The van der Waals surface area contributed by atoms with Gasteiger partial charge in [-0.1, -0.05) is 30.3 Å². The van der Waals surface area contributed by atoms with E-state index in [0.717, 1.165) is 0 Å². The van der Waals surface area contributed by atoms with Crippen LogP contribution in [-0.4, -0.2) is 24.6 Å². The Kier molecular flexibility index (Phi) is 5.25. The normalized spacial score (nSPS) is 10.0. The van der Waals surface area contributed by atoms with Gasteiger partial charge < -0.3 is 10.1 Å². The molecule has 0 aliphatic rings. The molecule has 0 aromatic heterocycles. The fourth-order valence-electron chi connectivity index (χ4n) is 2.12. The zero-order chi connectivity index (χ0) is 16.8. The molecular formula is C18H17NO4. The molecule has 0 atom stereocenters. The molecule has 2 aromatic rings. The lowest BCUT2D eigenvalue weighted by Gasteiger charge is -2.11. The number of hydrogen-bond donors (Lipinski definition) is 1. The molecule has 0 fully saturated rings. The third-order valence-corrected chi connectivity index (χ3v) is 3.18. The Morgan fingerprint density at radius 3 is 2.30 bits per heavy atom. The summed E-state index contributed by atoms with van der Waals surface area (Å²) in [7, 11) is 1.47. The number of amides is 1. The highest BCUT2D eigenvalue weighted by molar-refractivity contribution is 6.10. The zero-order valence-electron chi connectivity index (χ0n) is 13.0. The van der Waals surface area contributed by atoms with E-state index in [1.807, 2.05) is 6.07 Å². The van der Waals surface area contributed by atoms with Crippen molar-refractivity contribution < 1.29 is 19.1 Å². The molecule has 0 saturated heterocycles. The minimum atomic E-state index is -0.444. The number of hydrogen-bond acceptors (Lipinski definition) is 4. The first-order chi connectivity index (χ1) is 11.0. The molecule has 0 bridgehead atoms. The summed E-state index contributed by atoms with van der Waals surface area (Å²) in [5, 5.41) is 2.60. The molecule has 23 heavy (non-hydrogen) atoms. The number of carbonyl (C=O) groups excluding carboxylic acids is 3. The molecule has 5 heteroatoms. The van der Waals surface area contributed by atoms with Crippen LogP contribution in [-0.2, 0) is 9.59 Å². The second-order valence-electron chi connectivity index (χ2n) is 5.04. The van der Waals surface area contributed by atoms with Crippen LogP contribution in [0.3, 0.4) is 0 Å². The van der Waals surface area contributed by atoms with E-state index in [1.54, 1.807) is 42.5 Å². The topological polar surface area (TPSA) is 72.5 Å². The van der Waals surface area contributed by atoms with Crippen LogP contribution in [0.25, 0.3) is 0 Å². The van der Waals surface area contributed by atoms with E-state index in [2.05, 4.69) is 5.32 Å². The van der Waals surface area contributed by atoms with Gasteiger partial charge in [-0.15, -0.1) is 0 Å². The highest BCUT2D eigenvalue weighted by Crippen LogP contribution is 2.26. The summed E-state index contributed by atoms with van der Waals surface area (Å²) in [5.74, 6) is -0.417. The average Bonchev–Trinajstić information content (AvgIpc) is 2.54. The Labute approximate surface area is 134 Å². The first-order valence-electron chi connectivity index (χ1n) is 7.08. The van der Waals surface area contributed by atoms with Crippen LogP contribution in [0.4, 0.5) is 5.69 Å². The SMILES string of the molecule is COc1ccc(C(=O)c2ccccc2)cc1NC(=O)CC(C)=O. The predicted molar refractivity (Wildman–Crippen MR) is 86.8 cm³/mol. The first-order valence-corrected chi connectivity index (χ1v) is 7.08. The Morgan fingerprint density at radius 2 is 1.70 bits per heavy atom. The fraction of sp³-hybridized carbons (Fsp3) is 0.167. The summed E-state index contributed by atoms with van der Waals surface area (Å²) >= 11 is 0. The summed E-state index contributed by atoms with van der Waals surface area (Å²) < 4.78 is 5.18. The number of rotatable bonds is 6. The maximum absolute atomic E-state index is 12.5. The Hall–Kier alpha value is -2.95. The maximum atomic E-state index is 12.5. The number of nitrogens with one attached hydrogen (secondary N) is 1. The highest BCUT2D eigenvalue weighted by Gasteiger charge is 2.14. The zero-order valence-corrected chi connectivity index (χ0v) is 13.0. The summed E-state index contributed by atoms with van der Waals surface area (Å²) in [6.45, 7) is 1.34. The molecule has 0 aliphatic carbocycles. The summed E-state index contributed by atoms with van der Waals surface area (Å²) in [6, 6.07) is 13.6. The van der Waals surface area contributed by atoms with Crippen LogP contribution in [0.2, 0.25) is 0 Å². The summed E-state index contributed by atoms with van der Waals surface area (Å²) in [5.41, 5.74) is 1.34. The standard InChI is InChI=1S/C18H17NO4/c1-12(20)10-17(21)19-15-11-14(8-9-16(15)23-2)18(22)13-6-4-3-5-7-13/h3-9,11H,10H2,1-2H3,(H,19,21). The second-order valence-corrected chi connectivity index (χ2v) is 5.04. The number of carbonyl (C=O) groups is 3. The van der Waals surface area contributed by atoms with Gasteiger partial charge in [-0.25, -0.2) is 0 Å². The Morgan fingerprint density at radius 1 is 1.00 bits per heavy atom. The van der Waals surface area contributed by atoms with Gasteiger partial charge in [0.25, 0.3) is 0 Å². The van der Waals surface area contributed by atoms with Crippen LogP contribution < -0.4 is 10.1 Å². The molecule has 0 saturated carbocycles. The van der Waals surface area contributed by atoms with Crippen molar-refractivity contribution in [3.05, 3.63) is 59.7 Å². The molecule has 118 valence electrons. The van der Waals surface area contributed by atoms with E-state index in [1.165, 1.54) is 14.0 Å². The molecular weight excluding hydrogens is 294 g/mol. The highest BCUT2D eigenvalue weighted by atomic mass is 16.5. The molecule has 2 aromatic carbocycles. The second kappa shape index (κ2) is 7.35. The fourth-order valence-corrected chi connectivity index (χ4v) is 2.12. The van der Waals surface area contributed by atoms with Gasteiger partial charge in [0.05, 0.1) is 19.2 Å². The molecule has 5 nitrogen and oxygen atoms in total. The third-order valence-electron chi connectivity index (χ3n) is 3.18. The van der Waals surface area contributed by atoms with Crippen molar-refractivity contribution in [2.24, 2.45) is 0 Å². The van der Waals surface area contributed by atoms with Gasteiger partial charge in [0.15, 0.2) is 5.78 Å².